The summed E-state index contributed by atoms with van der Waals surface area (Å²) in [5.74, 6) is 0.902. The van der Waals surface area contributed by atoms with Gasteiger partial charge in [0.05, 0.1) is 0 Å². The van der Waals surface area contributed by atoms with E-state index in [2.05, 4.69) is 55.1 Å². The maximum absolute atomic E-state index is 4.19. The average molecular weight is 242 g/mol. The summed E-state index contributed by atoms with van der Waals surface area (Å²) in [4.78, 5) is 6.66. The van der Waals surface area contributed by atoms with Crippen LogP contribution >= 0.6 is 0 Å². The molecule has 0 rings (SSSR count). The highest BCUT2D eigenvalue weighted by atomic mass is 15.2. The number of rotatable bonds is 7. The summed E-state index contributed by atoms with van der Waals surface area (Å²) in [6.45, 7) is 14.1. The number of hydrogen-bond acceptors (Lipinski definition) is 2. The second-order valence-electron chi connectivity index (χ2n) is 4.85. The molecular weight excluding hydrogens is 212 g/mol. The van der Waals surface area contributed by atoms with E-state index in [-0.39, 0.29) is 0 Å². The lowest BCUT2D eigenvalue weighted by atomic mass is 10.2. The zero-order chi connectivity index (χ0) is 13.3. The lowest BCUT2D eigenvalue weighted by Gasteiger charge is -2.30. The molecule has 0 saturated heterocycles. The van der Waals surface area contributed by atoms with E-state index in [1.807, 2.05) is 7.05 Å². The Morgan fingerprint density at radius 3 is 2.00 bits per heavy atom. The molecule has 0 aliphatic rings. The Morgan fingerprint density at radius 2 is 1.59 bits per heavy atom. The monoisotopic (exact) mass is 242 g/mol. The number of aliphatic imine (C=N–C) groups is 1. The molecule has 0 fully saturated rings. The number of hydrogen-bond donors (Lipinski definition) is 2. The number of guanidine groups is 1. The molecule has 0 unspecified atom stereocenters. The molecule has 0 aliphatic carbocycles. The van der Waals surface area contributed by atoms with Crippen LogP contribution in [0.5, 0.6) is 0 Å². The minimum atomic E-state index is 0.586. The van der Waals surface area contributed by atoms with Gasteiger partial charge in [-0.2, -0.15) is 0 Å². The molecule has 0 aliphatic heterocycles. The van der Waals surface area contributed by atoms with Gasteiger partial charge < -0.3 is 10.6 Å². The Labute approximate surface area is 107 Å². The second kappa shape index (κ2) is 9.28. The Hall–Kier alpha value is -0.770. The predicted molar refractivity (Wildman–Crippen MR) is 76.6 cm³/mol. The first-order chi connectivity index (χ1) is 8.02. The van der Waals surface area contributed by atoms with Gasteiger partial charge in [0.1, 0.15) is 0 Å². The third-order valence-electron chi connectivity index (χ3n) is 2.76. The van der Waals surface area contributed by atoms with Crippen LogP contribution in [-0.2, 0) is 0 Å². The second-order valence-corrected chi connectivity index (χ2v) is 4.85. The van der Waals surface area contributed by atoms with Gasteiger partial charge >= 0.3 is 0 Å². The van der Waals surface area contributed by atoms with E-state index < -0.39 is 0 Å². The molecule has 17 heavy (non-hydrogen) atoms. The highest BCUT2D eigenvalue weighted by molar-refractivity contribution is 5.79. The summed E-state index contributed by atoms with van der Waals surface area (Å²) in [6, 6.07) is 1.17. The molecule has 0 amide bonds. The fraction of sp³-hybridized carbons (Fsp3) is 0.923. The summed E-state index contributed by atoms with van der Waals surface area (Å²) < 4.78 is 0. The van der Waals surface area contributed by atoms with Gasteiger partial charge in [-0.25, -0.2) is 0 Å². The molecular formula is C13H30N4. The predicted octanol–water partition coefficient (Wildman–Crippen LogP) is 1.68. The van der Waals surface area contributed by atoms with Crippen LogP contribution in [0.3, 0.4) is 0 Å². The SMILES string of the molecule is CCCNC(=NC)NCCN(C(C)C)C(C)C. The number of nitrogens with one attached hydrogen (secondary N) is 2. The maximum atomic E-state index is 4.19. The molecule has 4 heteroatoms. The van der Waals surface area contributed by atoms with Crippen LogP contribution in [0.2, 0.25) is 0 Å². The zero-order valence-electron chi connectivity index (χ0n) is 12.4. The summed E-state index contributed by atoms with van der Waals surface area (Å²) in [7, 11) is 1.81. The van der Waals surface area contributed by atoms with Crippen molar-refractivity contribution in [1.82, 2.24) is 15.5 Å². The van der Waals surface area contributed by atoms with Crippen LogP contribution in [-0.4, -0.2) is 49.6 Å². The average Bonchev–Trinajstić information content (AvgIpc) is 2.27. The van der Waals surface area contributed by atoms with Crippen molar-refractivity contribution in [1.29, 1.82) is 0 Å². The smallest absolute Gasteiger partial charge is 0.191 e. The van der Waals surface area contributed by atoms with E-state index >= 15 is 0 Å². The molecule has 0 aromatic heterocycles. The van der Waals surface area contributed by atoms with Crippen molar-refractivity contribution in [3.63, 3.8) is 0 Å². The van der Waals surface area contributed by atoms with E-state index in [1.54, 1.807) is 0 Å². The van der Waals surface area contributed by atoms with Gasteiger partial charge in [0.25, 0.3) is 0 Å². The van der Waals surface area contributed by atoms with Crippen LogP contribution in [0, 0.1) is 0 Å². The first-order valence-electron chi connectivity index (χ1n) is 6.73. The van der Waals surface area contributed by atoms with Gasteiger partial charge in [0, 0.05) is 38.8 Å². The maximum Gasteiger partial charge on any atom is 0.191 e. The highest BCUT2D eigenvalue weighted by Crippen LogP contribution is 2.02. The Balaban J connectivity index is 3.94. The Morgan fingerprint density at radius 1 is 1.06 bits per heavy atom. The molecule has 4 nitrogen and oxygen atoms in total. The molecule has 2 N–H and O–H groups in total. The lowest BCUT2D eigenvalue weighted by molar-refractivity contribution is 0.178. The molecule has 0 heterocycles. The van der Waals surface area contributed by atoms with E-state index in [0.717, 1.165) is 32.0 Å². The third-order valence-corrected chi connectivity index (χ3v) is 2.76. The normalized spacial score (nSPS) is 12.6. The quantitative estimate of drug-likeness (QED) is 0.527. The van der Waals surface area contributed by atoms with Crippen LogP contribution in [0.1, 0.15) is 41.0 Å². The van der Waals surface area contributed by atoms with Crippen molar-refractivity contribution >= 4 is 5.96 Å². The van der Waals surface area contributed by atoms with E-state index in [0.29, 0.717) is 12.1 Å². The molecule has 0 aromatic carbocycles. The summed E-state index contributed by atoms with van der Waals surface area (Å²) >= 11 is 0. The summed E-state index contributed by atoms with van der Waals surface area (Å²) in [5, 5.41) is 6.61. The Bertz CT molecular complexity index is 203. The first-order valence-corrected chi connectivity index (χ1v) is 6.73. The minimum absolute atomic E-state index is 0.586. The van der Waals surface area contributed by atoms with Crippen molar-refractivity contribution in [3.8, 4) is 0 Å². The zero-order valence-corrected chi connectivity index (χ0v) is 12.4. The van der Waals surface area contributed by atoms with Crippen molar-refractivity contribution < 1.29 is 0 Å². The first kappa shape index (κ1) is 16.2. The van der Waals surface area contributed by atoms with Crippen molar-refractivity contribution in [2.24, 2.45) is 4.99 Å². The number of nitrogens with zero attached hydrogens (tertiary/aromatic N) is 2. The van der Waals surface area contributed by atoms with Crippen LogP contribution < -0.4 is 10.6 Å². The van der Waals surface area contributed by atoms with Gasteiger partial charge in [0.2, 0.25) is 0 Å². The largest absolute Gasteiger partial charge is 0.356 e. The molecule has 102 valence electrons. The van der Waals surface area contributed by atoms with E-state index in [1.165, 1.54) is 0 Å². The lowest BCUT2D eigenvalue weighted by Crippen LogP contribution is -2.45. The molecule has 0 aromatic rings. The third kappa shape index (κ3) is 7.21. The van der Waals surface area contributed by atoms with Crippen LogP contribution in [0.15, 0.2) is 4.99 Å². The highest BCUT2D eigenvalue weighted by Gasteiger charge is 2.12. The van der Waals surface area contributed by atoms with Crippen molar-refractivity contribution in [3.05, 3.63) is 0 Å². The minimum Gasteiger partial charge on any atom is -0.356 e. The van der Waals surface area contributed by atoms with Crippen LogP contribution in [0.4, 0.5) is 0 Å². The molecule has 0 bridgehead atoms. The Kier molecular flexibility index (Phi) is 8.86. The van der Waals surface area contributed by atoms with Gasteiger partial charge in [-0.05, 0) is 34.1 Å². The molecule has 0 radical (unpaired) electrons. The van der Waals surface area contributed by atoms with Gasteiger partial charge in [0.15, 0.2) is 5.96 Å². The summed E-state index contributed by atoms with van der Waals surface area (Å²) in [5.41, 5.74) is 0. The van der Waals surface area contributed by atoms with E-state index in [4.69, 9.17) is 0 Å². The fourth-order valence-corrected chi connectivity index (χ4v) is 1.88. The fourth-order valence-electron chi connectivity index (χ4n) is 1.88. The molecule has 0 saturated carbocycles. The molecule has 0 spiro atoms. The van der Waals surface area contributed by atoms with E-state index in [9.17, 15) is 0 Å². The van der Waals surface area contributed by atoms with Gasteiger partial charge in [-0.1, -0.05) is 6.92 Å². The van der Waals surface area contributed by atoms with Crippen molar-refractivity contribution in [2.45, 2.75) is 53.1 Å². The summed E-state index contributed by atoms with van der Waals surface area (Å²) in [6.07, 6.45) is 1.12. The van der Waals surface area contributed by atoms with Gasteiger partial charge in [-0.3, -0.25) is 9.89 Å². The standard InChI is InChI=1S/C13H30N4/c1-7-8-15-13(14-6)16-9-10-17(11(2)3)12(4)5/h11-12H,7-10H2,1-6H3,(H2,14,15,16). The molecule has 0 atom stereocenters. The van der Waals surface area contributed by atoms with Gasteiger partial charge in [-0.15, -0.1) is 0 Å². The topological polar surface area (TPSA) is 39.7 Å². The van der Waals surface area contributed by atoms with Crippen molar-refractivity contribution in [2.75, 3.05) is 26.7 Å². The van der Waals surface area contributed by atoms with Crippen LogP contribution in [0.25, 0.3) is 0 Å².